The van der Waals surface area contributed by atoms with Crippen molar-refractivity contribution in [1.82, 2.24) is 4.98 Å². The molecule has 0 saturated carbocycles. The summed E-state index contributed by atoms with van der Waals surface area (Å²) < 4.78 is 13.2. The number of hydrogen-bond donors (Lipinski definition) is 1. The molecule has 0 aliphatic carbocycles. The summed E-state index contributed by atoms with van der Waals surface area (Å²) >= 11 is 5.61. The van der Waals surface area contributed by atoms with Crippen molar-refractivity contribution in [3.05, 3.63) is 58.6 Å². The molecule has 88 valence electrons. The van der Waals surface area contributed by atoms with Crippen molar-refractivity contribution in [2.75, 3.05) is 5.32 Å². The topological polar surface area (TPSA) is 24.9 Å². The van der Waals surface area contributed by atoms with Crippen molar-refractivity contribution in [2.24, 2.45) is 0 Å². The fourth-order valence-corrected chi connectivity index (χ4v) is 1.54. The normalized spacial score (nSPS) is 10.3. The Morgan fingerprint density at radius 1 is 1.29 bits per heavy atom. The summed E-state index contributed by atoms with van der Waals surface area (Å²) in [4.78, 5) is 4.17. The third kappa shape index (κ3) is 3.17. The van der Waals surface area contributed by atoms with Gasteiger partial charge in [0.15, 0.2) is 0 Å². The minimum Gasteiger partial charge on any atom is -0.380 e. The number of hydrogen-bond acceptors (Lipinski definition) is 2. The number of nitrogens with zero attached hydrogens (tertiary/aromatic N) is 1. The Kier molecular flexibility index (Phi) is 3.59. The fraction of sp³-hybridized carbons (Fsp3) is 0.154. The lowest BCUT2D eigenvalue weighted by atomic mass is 10.2. The molecule has 17 heavy (non-hydrogen) atoms. The van der Waals surface area contributed by atoms with Gasteiger partial charge in [-0.25, -0.2) is 4.39 Å². The van der Waals surface area contributed by atoms with Gasteiger partial charge in [-0.3, -0.25) is 4.98 Å². The van der Waals surface area contributed by atoms with E-state index in [0.717, 1.165) is 16.9 Å². The Morgan fingerprint density at radius 3 is 2.76 bits per heavy atom. The van der Waals surface area contributed by atoms with Crippen LogP contribution in [0.1, 0.15) is 11.3 Å². The lowest BCUT2D eigenvalue weighted by Gasteiger charge is -2.06. The zero-order valence-electron chi connectivity index (χ0n) is 9.37. The number of aryl methyl sites for hydroxylation is 1. The van der Waals surface area contributed by atoms with Gasteiger partial charge in [0.05, 0.1) is 16.9 Å². The summed E-state index contributed by atoms with van der Waals surface area (Å²) in [5.41, 5.74) is 2.71. The van der Waals surface area contributed by atoms with Gasteiger partial charge >= 0.3 is 0 Å². The average Bonchev–Trinajstić information content (AvgIpc) is 2.33. The van der Waals surface area contributed by atoms with Crippen LogP contribution < -0.4 is 5.32 Å². The van der Waals surface area contributed by atoms with Gasteiger partial charge in [-0.2, -0.15) is 0 Å². The number of aromatic nitrogens is 1. The van der Waals surface area contributed by atoms with Crippen LogP contribution in [0.4, 0.5) is 10.1 Å². The van der Waals surface area contributed by atoms with E-state index in [1.165, 1.54) is 6.07 Å². The standard InChI is InChI=1S/C13H12ClFN2/c1-9-2-4-11(8-16-9)17-7-10-3-5-12(14)13(15)6-10/h2-6,8,17H,7H2,1H3. The zero-order valence-corrected chi connectivity index (χ0v) is 10.1. The summed E-state index contributed by atoms with van der Waals surface area (Å²) in [6, 6.07) is 8.64. The summed E-state index contributed by atoms with van der Waals surface area (Å²) in [5.74, 6) is -0.395. The molecule has 0 spiro atoms. The summed E-state index contributed by atoms with van der Waals surface area (Å²) in [6.45, 7) is 2.47. The lowest BCUT2D eigenvalue weighted by molar-refractivity contribution is 0.626. The van der Waals surface area contributed by atoms with E-state index in [4.69, 9.17) is 11.6 Å². The highest BCUT2D eigenvalue weighted by molar-refractivity contribution is 6.30. The van der Waals surface area contributed by atoms with E-state index in [-0.39, 0.29) is 5.02 Å². The molecule has 1 heterocycles. The number of rotatable bonds is 3. The first-order chi connectivity index (χ1) is 8.15. The van der Waals surface area contributed by atoms with E-state index in [1.54, 1.807) is 18.3 Å². The van der Waals surface area contributed by atoms with Crippen LogP contribution in [0.25, 0.3) is 0 Å². The Balaban J connectivity index is 2.02. The molecule has 4 heteroatoms. The van der Waals surface area contributed by atoms with Crippen molar-refractivity contribution in [2.45, 2.75) is 13.5 Å². The second kappa shape index (κ2) is 5.15. The van der Waals surface area contributed by atoms with Gasteiger partial charge < -0.3 is 5.32 Å². The summed E-state index contributed by atoms with van der Waals surface area (Å²) in [6.07, 6.45) is 1.75. The lowest BCUT2D eigenvalue weighted by Crippen LogP contribution is -2.00. The first kappa shape index (κ1) is 11.9. The first-order valence-electron chi connectivity index (χ1n) is 5.25. The fourth-order valence-electron chi connectivity index (χ4n) is 1.43. The Hall–Kier alpha value is -1.61. The predicted octanol–water partition coefficient (Wildman–Crippen LogP) is 3.79. The highest BCUT2D eigenvalue weighted by atomic mass is 35.5. The molecule has 0 aliphatic heterocycles. The number of pyridine rings is 1. The molecule has 0 amide bonds. The van der Waals surface area contributed by atoms with E-state index in [0.29, 0.717) is 6.54 Å². The number of halogens is 2. The van der Waals surface area contributed by atoms with Crippen LogP contribution in [0.3, 0.4) is 0 Å². The van der Waals surface area contributed by atoms with E-state index in [9.17, 15) is 4.39 Å². The Morgan fingerprint density at radius 2 is 2.12 bits per heavy atom. The number of benzene rings is 1. The molecule has 0 bridgehead atoms. The van der Waals surface area contributed by atoms with Crippen molar-refractivity contribution >= 4 is 17.3 Å². The number of anilines is 1. The molecule has 2 aromatic rings. The monoisotopic (exact) mass is 250 g/mol. The quantitative estimate of drug-likeness (QED) is 0.896. The van der Waals surface area contributed by atoms with Crippen LogP contribution in [0.5, 0.6) is 0 Å². The first-order valence-corrected chi connectivity index (χ1v) is 5.63. The van der Waals surface area contributed by atoms with Crippen molar-refractivity contribution in [1.29, 1.82) is 0 Å². The van der Waals surface area contributed by atoms with Crippen molar-refractivity contribution < 1.29 is 4.39 Å². The van der Waals surface area contributed by atoms with Crippen LogP contribution in [-0.2, 0) is 6.54 Å². The van der Waals surface area contributed by atoms with Gasteiger partial charge in [0.2, 0.25) is 0 Å². The molecular weight excluding hydrogens is 239 g/mol. The molecule has 0 fully saturated rings. The van der Waals surface area contributed by atoms with E-state index >= 15 is 0 Å². The maximum absolute atomic E-state index is 13.2. The predicted molar refractivity (Wildman–Crippen MR) is 67.7 cm³/mol. The largest absolute Gasteiger partial charge is 0.380 e. The second-order valence-corrected chi connectivity index (χ2v) is 4.20. The van der Waals surface area contributed by atoms with Gasteiger partial charge in [-0.1, -0.05) is 17.7 Å². The summed E-state index contributed by atoms with van der Waals surface area (Å²) in [5, 5.41) is 3.31. The van der Waals surface area contributed by atoms with Gasteiger partial charge in [0.25, 0.3) is 0 Å². The molecule has 0 unspecified atom stereocenters. The smallest absolute Gasteiger partial charge is 0.142 e. The van der Waals surface area contributed by atoms with Crippen molar-refractivity contribution in [3.63, 3.8) is 0 Å². The van der Waals surface area contributed by atoms with E-state index in [2.05, 4.69) is 10.3 Å². The van der Waals surface area contributed by atoms with Crippen LogP contribution in [0, 0.1) is 12.7 Å². The highest BCUT2D eigenvalue weighted by Gasteiger charge is 2.01. The van der Waals surface area contributed by atoms with Crippen LogP contribution in [0.15, 0.2) is 36.5 Å². The zero-order chi connectivity index (χ0) is 12.3. The Bertz CT molecular complexity index is 511. The van der Waals surface area contributed by atoms with Crippen LogP contribution in [0.2, 0.25) is 5.02 Å². The van der Waals surface area contributed by atoms with Crippen LogP contribution >= 0.6 is 11.6 Å². The summed E-state index contributed by atoms with van der Waals surface area (Å²) in [7, 11) is 0. The third-order valence-corrected chi connectivity index (χ3v) is 2.70. The molecule has 0 aliphatic rings. The molecule has 0 saturated heterocycles. The minimum absolute atomic E-state index is 0.144. The number of nitrogens with one attached hydrogen (secondary N) is 1. The van der Waals surface area contributed by atoms with Gasteiger partial charge in [-0.15, -0.1) is 0 Å². The van der Waals surface area contributed by atoms with Crippen molar-refractivity contribution in [3.8, 4) is 0 Å². The molecular formula is C13H12ClFN2. The average molecular weight is 251 g/mol. The molecule has 0 radical (unpaired) electrons. The van der Waals surface area contributed by atoms with Crippen LogP contribution in [-0.4, -0.2) is 4.98 Å². The molecule has 1 N–H and O–H groups in total. The molecule has 2 rings (SSSR count). The third-order valence-electron chi connectivity index (χ3n) is 2.39. The molecule has 1 aromatic carbocycles. The van der Waals surface area contributed by atoms with Gasteiger partial charge in [0.1, 0.15) is 5.82 Å². The second-order valence-electron chi connectivity index (χ2n) is 3.79. The van der Waals surface area contributed by atoms with E-state index < -0.39 is 5.82 Å². The molecule has 0 atom stereocenters. The maximum Gasteiger partial charge on any atom is 0.142 e. The van der Waals surface area contributed by atoms with Gasteiger partial charge in [0, 0.05) is 12.2 Å². The molecule has 2 nitrogen and oxygen atoms in total. The van der Waals surface area contributed by atoms with E-state index in [1.807, 2.05) is 19.1 Å². The maximum atomic E-state index is 13.2. The Labute approximate surface area is 104 Å². The minimum atomic E-state index is -0.395. The molecule has 1 aromatic heterocycles. The van der Waals surface area contributed by atoms with Gasteiger partial charge in [-0.05, 0) is 36.8 Å². The highest BCUT2D eigenvalue weighted by Crippen LogP contribution is 2.16. The SMILES string of the molecule is Cc1ccc(NCc2ccc(Cl)c(F)c2)cn1.